The number of aliphatic carboxylic acids is 1. The summed E-state index contributed by atoms with van der Waals surface area (Å²) in [7, 11) is 0. The third-order valence-corrected chi connectivity index (χ3v) is 4.49. The van der Waals surface area contributed by atoms with Gasteiger partial charge in [-0.25, -0.2) is 0 Å². The summed E-state index contributed by atoms with van der Waals surface area (Å²) in [6.45, 7) is 2.71. The minimum absolute atomic E-state index is 0.101. The van der Waals surface area contributed by atoms with Crippen LogP contribution >= 0.6 is 0 Å². The van der Waals surface area contributed by atoms with Gasteiger partial charge in [0.2, 0.25) is 5.76 Å². The van der Waals surface area contributed by atoms with Crippen molar-refractivity contribution in [3.05, 3.63) is 17.5 Å². The van der Waals surface area contributed by atoms with Gasteiger partial charge in [0.15, 0.2) is 0 Å². The number of hydrogen-bond acceptors (Lipinski definition) is 4. The van der Waals surface area contributed by atoms with Gasteiger partial charge in [-0.1, -0.05) is 19.0 Å². The number of halogens is 3. The number of carboxylic acid groups (broad SMARTS) is 1. The lowest BCUT2D eigenvalue weighted by molar-refractivity contribution is -0.187. The third kappa shape index (κ3) is 3.54. The summed E-state index contributed by atoms with van der Waals surface area (Å²) < 4.78 is 43.9. The van der Waals surface area contributed by atoms with Crippen LogP contribution < -0.4 is 0 Å². The van der Waals surface area contributed by atoms with Crippen LogP contribution in [-0.4, -0.2) is 46.3 Å². The molecule has 0 unspecified atom stereocenters. The molecule has 1 aliphatic heterocycles. The lowest BCUT2D eigenvalue weighted by Crippen LogP contribution is -2.34. The predicted octanol–water partition coefficient (Wildman–Crippen LogP) is 2.91. The second kappa shape index (κ2) is 6.82. The Morgan fingerprint density at radius 1 is 1.38 bits per heavy atom. The summed E-state index contributed by atoms with van der Waals surface area (Å²) in [6.07, 6.45) is -3.10. The molecule has 1 aliphatic rings. The Balaban J connectivity index is 2.17. The first kappa shape index (κ1) is 18.3. The van der Waals surface area contributed by atoms with Crippen LogP contribution in [0, 0.1) is 11.8 Å². The van der Waals surface area contributed by atoms with Gasteiger partial charge in [-0.15, -0.1) is 0 Å². The molecule has 1 amide bonds. The van der Waals surface area contributed by atoms with E-state index in [2.05, 4.69) is 5.16 Å². The van der Waals surface area contributed by atoms with Crippen molar-refractivity contribution in [1.82, 2.24) is 10.1 Å². The van der Waals surface area contributed by atoms with Crippen molar-refractivity contribution in [3.8, 4) is 0 Å². The molecule has 134 valence electrons. The van der Waals surface area contributed by atoms with Gasteiger partial charge in [0.1, 0.15) is 0 Å². The van der Waals surface area contributed by atoms with Crippen LogP contribution in [0.5, 0.6) is 0 Å². The van der Waals surface area contributed by atoms with Gasteiger partial charge >= 0.3 is 12.1 Å². The van der Waals surface area contributed by atoms with Gasteiger partial charge in [-0.2, -0.15) is 13.2 Å². The summed E-state index contributed by atoms with van der Waals surface area (Å²) in [6, 6.07) is 1.43. The molecule has 2 heterocycles. The normalized spacial score (nSPS) is 21.5. The van der Waals surface area contributed by atoms with Crippen LogP contribution in [0.25, 0.3) is 0 Å². The Morgan fingerprint density at radius 3 is 2.46 bits per heavy atom. The number of rotatable bonds is 5. The summed E-state index contributed by atoms with van der Waals surface area (Å²) in [5.41, 5.74) is 0.574. The van der Waals surface area contributed by atoms with E-state index in [9.17, 15) is 22.8 Å². The number of alkyl halides is 3. The van der Waals surface area contributed by atoms with Crippen molar-refractivity contribution in [1.29, 1.82) is 0 Å². The number of aromatic nitrogens is 1. The fourth-order valence-corrected chi connectivity index (χ4v) is 3.00. The van der Waals surface area contributed by atoms with E-state index in [1.807, 2.05) is 13.8 Å². The molecule has 0 aliphatic carbocycles. The van der Waals surface area contributed by atoms with Crippen molar-refractivity contribution in [2.75, 3.05) is 13.1 Å². The maximum atomic E-state index is 13.0. The summed E-state index contributed by atoms with van der Waals surface area (Å²) in [5, 5.41) is 12.8. The van der Waals surface area contributed by atoms with E-state index in [-0.39, 0.29) is 11.7 Å². The average Bonchev–Trinajstić information content (AvgIpc) is 3.14. The second-order valence-corrected chi connectivity index (χ2v) is 5.93. The van der Waals surface area contributed by atoms with Crippen LogP contribution in [-0.2, 0) is 4.79 Å². The number of amides is 1. The number of hydrogen-bond donors (Lipinski definition) is 1. The number of likely N-dealkylation sites (tertiary alicyclic amines) is 1. The Morgan fingerprint density at radius 2 is 2.00 bits per heavy atom. The lowest BCUT2D eigenvalue weighted by atomic mass is 9.96. The van der Waals surface area contributed by atoms with E-state index in [0.717, 1.165) is 17.7 Å². The highest BCUT2D eigenvalue weighted by Crippen LogP contribution is 2.38. The van der Waals surface area contributed by atoms with Gasteiger partial charge in [0, 0.05) is 25.1 Å². The maximum absolute atomic E-state index is 13.0. The fraction of sp³-hybridized carbons (Fsp3) is 0.667. The smallest absolute Gasteiger partial charge is 0.394 e. The minimum Gasteiger partial charge on any atom is -0.481 e. The molecule has 0 saturated carbocycles. The zero-order valence-corrected chi connectivity index (χ0v) is 13.3. The first-order chi connectivity index (χ1) is 11.2. The minimum atomic E-state index is -4.68. The monoisotopic (exact) mass is 348 g/mol. The molecule has 24 heavy (non-hydrogen) atoms. The first-order valence-electron chi connectivity index (χ1n) is 7.74. The highest BCUT2D eigenvalue weighted by atomic mass is 19.4. The van der Waals surface area contributed by atoms with Crippen LogP contribution in [0.15, 0.2) is 10.6 Å². The van der Waals surface area contributed by atoms with Crippen LogP contribution in [0.3, 0.4) is 0 Å². The van der Waals surface area contributed by atoms with Gasteiger partial charge in [-0.05, 0) is 12.8 Å². The average molecular weight is 348 g/mol. The molecule has 0 aromatic carbocycles. The number of carbonyl (C=O) groups is 2. The number of carboxylic acids is 1. The molecule has 6 nitrogen and oxygen atoms in total. The molecule has 1 fully saturated rings. The van der Waals surface area contributed by atoms with Crippen LogP contribution in [0.4, 0.5) is 13.2 Å². The molecule has 1 saturated heterocycles. The molecule has 1 aromatic rings. The quantitative estimate of drug-likeness (QED) is 0.884. The van der Waals surface area contributed by atoms with Crippen molar-refractivity contribution < 1.29 is 32.4 Å². The van der Waals surface area contributed by atoms with E-state index in [1.54, 1.807) is 0 Å². The fourth-order valence-electron chi connectivity index (χ4n) is 3.00. The highest BCUT2D eigenvalue weighted by molar-refractivity contribution is 5.92. The molecular formula is C15H19F3N2O4. The van der Waals surface area contributed by atoms with Gasteiger partial charge in [-0.3, -0.25) is 9.59 Å². The molecule has 1 N–H and O–H groups in total. The Bertz CT molecular complexity index is 610. The van der Waals surface area contributed by atoms with Gasteiger partial charge in [0.05, 0.1) is 17.5 Å². The Labute approximate surface area is 136 Å². The van der Waals surface area contributed by atoms with Crippen molar-refractivity contribution >= 4 is 11.9 Å². The van der Waals surface area contributed by atoms with E-state index in [1.165, 1.54) is 6.07 Å². The summed E-state index contributed by atoms with van der Waals surface area (Å²) >= 11 is 0. The van der Waals surface area contributed by atoms with E-state index < -0.39 is 43.0 Å². The van der Waals surface area contributed by atoms with Crippen molar-refractivity contribution in [2.24, 2.45) is 11.8 Å². The lowest BCUT2D eigenvalue weighted by Gasteiger charge is -2.17. The standard InChI is InChI=1S/C15H19F3N2O4/c1-3-8(4-2)11-5-12(24-19-11)13(21)20-6-9(14(22)23)10(7-20)15(16,17)18/h5,8-10H,3-4,6-7H2,1-2H3,(H,22,23)/t9-,10-/m1/s1. The zero-order valence-electron chi connectivity index (χ0n) is 13.3. The second-order valence-electron chi connectivity index (χ2n) is 5.93. The maximum Gasteiger partial charge on any atom is 0.394 e. The molecule has 1 aromatic heterocycles. The Kier molecular flexibility index (Phi) is 5.19. The molecule has 0 spiro atoms. The zero-order chi connectivity index (χ0) is 18.1. The predicted molar refractivity (Wildman–Crippen MR) is 76.4 cm³/mol. The van der Waals surface area contributed by atoms with Gasteiger partial charge in [0.25, 0.3) is 5.91 Å². The molecule has 0 bridgehead atoms. The first-order valence-corrected chi connectivity index (χ1v) is 7.74. The van der Waals surface area contributed by atoms with Crippen LogP contribution in [0.2, 0.25) is 0 Å². The molecule has 9 heteroatoms. The summed E-state index contributed by atoms with van der Waals surface area (Å²) in [4.78, 5) is 24.3. The molecule has 0 radical (unpaired) electrons. The van der Waals surface area contributed by atoms with E-state index in [0.29, 0.717) is 5.69 Å². The molecule has 2 atom stereocenters. The summed E-state index contributed by atoms with van der Waals surface area (Å²) in [5.74, 6) is -6.15. The number of carbonyl (C=O) groups excluding carboxylic acids is 1. The van der Waals surface area contributed by atoms with E-state index >= 15 is 0 Å². The largest absolute Gasteiger partial charge is 0.481 e. The molecule has 2 rings (SSSR count). The molecular weight excluding hydrogens is 329 g/mol. The van der Waals surface area contributed by atoms with Crippen molar-refractivity contribution in [2.45, 2.75) is 38.8 Å². The third-order valence-electron chi connectivity index (χ3n) is 4.49. The Hall–Kier alpha value is -2.06. The highest BCUT2D eigenvalue weighted by Gasteiger charge is 2.53. The number of nitrogens with zero attached hydrogens (tertiary/aromatic N) is 2. The topological polar surface area (TPSA) is 83.6 Å². The SMILES string of the molecule is CCC(CC)c1cc(C(=O)N2C[C@@H](C(F)(F)F)[C@H](C(=O)O)C2)on1. The van der Waals surface area contributed by atoms with Crippen LogP contribution in [0.1, 0.15) is 48.9 Å². The van der Waals surface area contributed by atoms with E-state index in [4.69, 9.17) is 9.63 Å². The van der Waals surface area contributed by atoms with Gasteiger partial charge < -0.3 is 14.5 Å². The van der Waals surface area contributed by atoms with Crippen molar-refractivity contribution in [3.63, 3.8) is 0 Å².